The van der Waals surface area contributed by atoms with Crippen LogP contribution in [0.1, 0.15) is 11.1 Å². The molecule has 0 bridgehead atoms. The molecule has 88 valence electrons. The standard InChI is InChI=1S/C14H12BrClO/c1-10-7-12(15)6-5-11(10)9-17-14-4-2-3-13(16)8-14/h2-8H,9H2,1H3. The van der Waals surface area contributed by atoms with E-state index < -0.39 is 0 Å². The van der Waals surface area contributed by atoms with Crippen LogP contribution in [0.2, 0.25) is 5.02 Å². The van der Waals surface area contributed by atoms with Crippen molar-refractivity contribution in [3.8, 4) is 5.75 Å². The van der Waals surface area contributed by atoms with E-state index in [0.29, 0.717) is 11.6 Å². The average molecular weight is 312 g/mol. The lowest BCUT2D eigenvalue weighted by atomic mass is 10.1. The summed E-state index contributed by atoms with van der Waals surface area (Å²) in [5.74, 6) is 0.791. The Kier molecular flexibility index (Phi) is 4.08. The van der Waals surface area contributed by atoms with Crippen molar-refractivity contribution >= 4 is 27.5 Å². The van der Waals surface area contributed by atoms with Gasteiger partial charge >= 0.3 is 0 Å². The summed E-state index contributed by atoms with van der Waals surface area (Å²) in [5.41, 5.74) is 2.38. The van der Waals surface area contributed by atoms with Crippen LogP contribution in [0.5, 0.6) is 5.75 Å². The third-order valence-electron chi connectivity index (χ3n) is 2.50. The molecule has 0 fully saturated rings. The van der Waals surface area contributed by atoms with E-state index in [1.807, 2.05) is 30.3 Å². The van der Waals surface area contributed by atoms with Gasteiger partial charge in [-0.1, -0.05) is 39.7 Å². The molecule has 0 saturated carbocycles. The molecular formula is C14H12BrClO. The summed E-state index contributed by atoms with van der Waals surface area (Å²) in [6, 6.07) is 13.6. The van der Waals surface area contributed by atoms with Gasteiger partial charge in [-0.25, -0.2) is 0 Å². The Bertz CT molecular complexity index is 525. The molecular weight excluding hydrogens is 300 g/mol. The van der Waals surface area contributed by atoms with E-state index in [0.717, 1.165) is 10.2 Å². The lowest BCUT2D eigenvalue weighted by Crippen LogP contribution is -1.97. The fraction of sp³-hybridized carbons (Fsp3) is 0.143. The highest BCUT2D eigenvalue weighted by molar-refractivity contribution is 9.10. The number of ether oxygens (including phenoxy) is 1. The van der Waals surface area contributed by atoms with Gasteiger partial charge in [-0.2, -0.15) is 0 Å². The molecule has 17 heavy (non-hydrogen) atoms. The molecule has 0 amide bonds. The maximum atomic E-state index is 5.89. The minimum absolute atomic E-state index is 0.555. The Hall–Kier alpha value is -0.990. The first-order valence-corrected chi connectivity index (χ1v) is 6.45. The van der Waals surface area contributed by atoms with Crippen molar-refractivity contribution in [2.45, 2.75) is 13.5 Å². The van der Waals surface area contributed by atoms with Gasteiger partial charge in [0.25, 0.3) is 0 Å². The molecule has 0 N–H and O–H groups in total. The topological polar surface area (TPSA) is 9.23 Å². The van der Waals surface area contributed by atoms with Gasteiger partial charge in [-0.3, -0.25) is 0 Å². The summed E-state index contributed by atoms with van der Waals surface area (Å²) in [6.45, 7) is 2.63. The highest BCUT2D eigenvalue weighted by atomic mass is 79.9. The third kappa shape index (κ3) is 3.48. The molecule has 0 aromatic heterocycles. The van der Waals surface area contributed by atoms with Crippen molar-refractivity contribution in [1.29, 1.82) is 0 Å². The number of aryl methyl sites for hydroxylation is 1. The number of hydrogen-bond donors (Lipinski definition) is 0. The molecule has 2 aromatic carbocycles. The Morgan fingerprint density at radius 1 is 1.18 bits per heavy atom. The average Bonchev–Trinajstić information content (AvgIpc) is 2.28. The first kappa shape index (κ1) is 12.5. The second-order valence-corrected chi connectivity index (χ2v) is 5.17. The fourth-order valence-corrected chi connectivity index (χ4v) is 2.19. The van der Waals surface area contributed by atoms with Gasteiger partial charge < -0.3 is 4.74 Å². The number of halogens is 2. The molecule has 0 aliphatic carbocycles. The number of benzene rings is 2. The molecule has 0 atom stereocenters. The Morgan fingerprint density at radius 3 is 2.71 bits per heavy atom. The molecule has 0 spiro atoms. The summed E-state index contributed by atoms with van der Waals surface area (Å²) in [7, 11) is 0. The Balaban J connectivity index is 2.07. The first-order valence-electron chi connectivity index (χ1n) is 5.28. The second kappa shape index (κ2) is 5.56. The van der Waals surface area contributed by atoms with Crippen LogP contribution in [0, 0.1) is 6.92 Å². The molecule has 3 heteroatoms. The van der Waals surface area contributed by atoms with Crippen LogP contribution in [0.4, 0.5) is 0 Å². The van der Waals surface area contributed by atoms with E-state index in [9.17, 15) is 0 Å². The number of rotatable bonds is 3. The minimum atomic E-state index is 0.555. The van der Waals surface area contributed by atoms with Gasteiger partial charge in [0.05, 0.1) is 0 Å². The van der Waals surface area contributed by atoms with Crippen molar-refractivity contribution in [2.75, 3.05) is 0 Å². The van der Waals surface area contributed by atoms with Gasteiger partial charge in [-0.15, -0.1) is 0 Å². The molecule has 0 radical (unpaired) electrons. The Morgan fingerprint density at radius 2 is 2.00 bits per heavy atom. The zero-order valence-electron chi connectivity index (χ0n) is 9.41. The maximum Gasteiger partial charge on any atom is 0.121 e. The van der Waals surface area contributed by atoms with Gasteiger partial charge in [0.1, 0.15) is 12.4 Å². The van der Waals surface area contributed by atoms with Gasteiger partial charge in [-0.05, 0) is 48.4 Å². The monoisotopic (exact) mass is 310 g/mol. The van der Waals surface area contributed by atoms with E-state index in [1.54, 1.807) is 0 Å². The lowest BCUT2D eigenvalue weighted by molar-refractivity contribution is 0.305. The molecule has 0 heterocycles. The van der Waals surface area contributed by atoms with Crippen LogP contribution in [0.15, 0.2) is 46.9 Å². The molecule has 2 aromatic rings. The largest absolute Gasteiger partial charge is 0.489 e. The Labute approximate surface area is 115 Å². The molecule has 0 saturated heterocycles. The zero-order chi connectivity index (χ0) is 12.3. The highest BCUT2D eigenvalue weighted by Gasteiger charge is 2.01. The van der Waals surface area contributed by atoms with Crippen molar-refractivity contribution in [3.05, 3.63) is 63.1 Å². The predicted octanol–water partition coefficient (Wildman–Crippen LogP) is 4.99. The minimum Gasteiger partial charge on any atom is -0.489 e. The van der Waals surface area contributed by atoms with E-state index in [4.69, 9.17) is 16.3 Å². The zero-order valence-corrected chi connectivity index (χ0v) is 11.8. The lowest BCUT2D eigenvalue weighted by Gasteiger charge is -2.09. The quantitative estimate of drug-likeness (QED) is 0.776. The van der Waals surface area contributed by atoms with Crippen LogP contribution in [0.25, 0.3) is 0 Å². The van der Waals surface area contributed by atoms with Crippen LogP contribution < -0.4 is 4.74 Å². The van der Waals surface area contributed by atoms with Crippen molar-refractivity contribution in [1.82, 2.24) is 0 Å². The SMILES string of the molecule is Cc1cc(Br)ccc1COc1cccc(Cl)c1. The molecule has 0 aliphatic heterocycles. The van der Waals surface area contributed by atoms with E-state index in [-0.39, 0.29) is 0 Å². The third-order valence-corrected chi connectivity index (χ3v) is 3.22. The fourth-order valence-electron chi connectivity index (χ4n) is 1.54. The van der Waals surface area contributed by atoms with E-state index in [1.165, 1.54) is 11.1 Å². The van der Waals surface area contributed by atoms with E-state index in [2.05, 4.69) is 35.0 Å². The number of hydrogen-bond acceptors (Lipinski definition) is 1. The predicted molar refractivity (Wildman–Crippen MR) is 74.7 cm³/mol. The smallest absolute Gasteiger partial charge is 0.121 e. The molecule has 0 unspecified atom stereocenters. The normalized spacial score (nSPS) is 10.3. The summed E-state index contributed by atoms with van der Waals surface area (Å²) >= 11 is 9.34. The van der Waals surface area contributed by atoms with E-state index >= 15 is 0 Å². The van der Waals surface area contributed by atoms with Crippen molar-refractivity contribution < 1.29 is 4.74 Å². The summed E-state index contributed by atoms with van der Waals surface area (Å²) in [6.07, 6.45) is 0. The first-order chi connectivity index (χ1) is 8.15. The molecule has 1 nitrogen and oxygen atoms in total. The van der Waals surface area contributed by atoms with Crippen molar-refractivity contribution in [3.63, 3.8) is 0 Å². The summed E-state index contributed by atoms with van der Waals surface area (Å²) in [5, 5.41) is 0.690. The van der Waals surface area contributed by atoms with Gasteiger partial charge in [0, 0.05) is 9.50 Å². The van der Waals surface area contributed by atoms with Crippen LogP contribution in [0.3, 0.4) is 0 Å². The maximum absolute atomic E-state index is 5.89. The van der Waals surface area contributed by atoms with Crippen LogP contribution in [-0.2, 0) is 6.61 Å². The molecule has 2 rings (SSSR count). The van der Waals surface area contributed by atoms with Crippen LogP contribution >= 0.6 is 27.5 Å². The van der Waals surface area contributed by atoms with Crippen molar-refractivity contribution in [2.24, 2.45) is 0 Å². The van der Waals surface area contributed by atoms with Gasteiger partial charge in [0.2, 0.25) is 0 Å². The second-order valence-electron chi connectivity index (χ2n) is 3.82. The van der Waals surface area contributed by atoms with Gasteiger partial charge in [0.15, 0.2) is 0 Å². The highest BCUT2D eigenvalue weighted by Crippen LogP contribution is 2.20. The molecule has 0 aliphatic rings. The van der Waals surface area contributed by atoms with Crippen LogP contribution in [-0.4, -0.2) is 0 Å². The summed E-state index contributed by atoms with van der Waals surface area (Å²) < 4.78 is 6.78. The summed E-state index contributed by atoms with van der Waals surface area (Å²) in [4.78, 5) is 0.